The molecule has 0 saturated carbocycles. The van der Waals surface area contributed by atoms with Crippen molar-refractivity contribution in [3.05, 3.63) is 22.8 Å². The summed E-state index contributed by atoms with van der Waals surface area (Å²) in [5, 5.41) is 5.48. The summed E-state index contributed by atoms with van der Waals surface area (Å²) in [6, 6.07) is 4.01. The molecular weight excluding hydrogens is 296 g/mol. The van der Waals surface area contributed by atoms with Gasteiger partial charge in [0.2, 0.25) is 0 Å². The van der Waals surface area contributed by atoms with Gasteiger partial charge in [0.15, 0.2) is 6.23 Å². The maximum atomic E-state index is 5.79. The Kier molecular flexibility index (Phi) is 3.26. The fraction of sp³-hybridized carbons (Fsp3) is 0.462. The second-order valence-electron chi connectivity index (χ2n) is 4.45. The number of fused-ring (bicyclic) bond motifs is 1. The summed E-state index contributed by atoms with van der Waals surface area (Å²) in [5.74, 6) is 0.835. The van der Waals surface area contributed by atoms with E-state index in [4.69, 9.17) is 9.47 Å². The molecule has 96 valence electrons. The summed E-state index contributed by atoms with van der Waals surface area (Å²) in [7, 11) is 1.68. The fourth-order valence-electron chi connectivity index (χ4n) is 2.40. The first-order valence-electron chi connectivity index (χ1n) is 6.12. The zero-order chi connectivity index (χ0) is 12.5. The Bertz CT molecular complexity index is 561. The van der Waals surface area contributed by atoms with Gasteiger partial charge in [-0.05, 0) is 31.4 Å². The molecule has 4 nitrogen and oxygen atoms in total. The molecule has 1 aromatic carbocycles. The number of benzene rings is 1. The van der Waals surface area contributed by atoms with E-state index >= 15 is 0 Å². The van der Waals surface area contributed by atoms with Crippen molar-refractivity contribution in [2.24, 2.45) is 0 Å². The number of hydrogen-bond acceptors (Lipinski definition) is 3. The van der Waals surface area contributed by atoms with Crippen LogP contribution in [0.3, 0.4) is 0 Å². The highest BCUT2D eigenvalue weighted by Crippen LogP contribution is 2.33. The predicted molar refractivity (Wildman–Crippen MR) is 72.8 cm³/mol. The minimum Gasteiger partial charge on any atom is -0.496 e. The van der Waals surface area contributed by atoms with Crippen LogP contribution < -0.4 is 4.74 Å². The predicted octanol–water partition coefficient (Wildman–Crippen LogP) is 3.51. The average Bonchev–Trinajstić information content (AvgIpc) is 2.82. The van der Waals surface area contributed by atoms with Crippen molar-refractivity contribution in [1.82, 2.24) is 9.78 Å². The summed E-state index contributed by atoms with van der Waals surface area (Å²) in [6.45, 7) is 0.817. The molecule has 0 aliphatic carbocycles. The summed E-state index contributed by atoms with van der Waals surface area (Å²) < 4.78 is 14.1. The molecule has 0 N–H and O–H groups in total. The Morgan fingerprint density at radius 3 is 3.06 bits per heavy atom. The van der Waals surface area contributed by atoms with Crippen LogP contribution in [0.5, 0.6) is 5.75 Å². The highest BCUT2D eigenvalue weighted by atomic mass is 79.9. The second kappa shape index (κ2) is 4.90. The Labute approximate surface area is 114 Å². The lowest BCUT2D eigenvalue weighted by Gasteiger charge is -2.23. The van der Waals surface area contributed by atoms with Gasteiger partial charge in [0.25, 0.3) is 0 Å². The van der Waals surface area contributed by atoms with Crippen LogP contribution in [0.4, 0.5) is 0 Å². The lowest BCUT2D eigenvalue weighted by atomic mass is 10.2. The van der Waals surface area contributed by atoms with Gasteiger partial charge in [0, 0.05) is 11.1 Å². The fourth-order valence-corrected chi connectivity index (χ4v) is 2.82. The van der Waals surface area contributed by atoms with Gasteiger partial charge in [-0.25, -0.2) is 4.68 Å². The third-order valence-electron chi connectivity index (χ3n) is 3.29. The minimum absolute atomic E-state index is 0.0512. The smallest absolute Gasteiger partial charge is 0.150 e. The zero-order valence-electron chi connectivity index (χ0n) is 10.2. The van der Waals surface area contributed by atoms with Crippen molar-refractivity contribution in [3.63, 3.8) is 0 Å². The van der Waals surface area contributed by atoms with E-state index in [2.05, 4.69) is 27.1 Å². The third-order valence-corrected chi connectivity index (χ3v) is 3.75. The molecule has 1 aliphatic heterocycles. The number of halogens is 1. The highest BCUT2D eigenvalue weighted by Gasteiger charge is 2.19. The summed E-state index contributed by atoms with van der Waals surface area (Å²) in [5.41, 5.74) is 1.05. The van der Waals surface area contributed by atoms with Gasteiger partial charge in [-0.2, -0.15) is 5.10 Å². The van der Waals surface area contributed by atoms with Crippen molar-refractivity contribution in [1.29, 1.82) is 0 Å². The number of methoxy groups -OCH3 is 1. The quantitative estimate of drug-likeness (QED) is 0.851. The summed E-state index contributed by atoms with van der Waals surface area (Å²) >= 11 is 3.51. The van der Waals surface area contributed by atoms with E-state index in [0.717, 1.165) is 40.6 Å². The molecule has 1 saturated heterocycles. The molecule has 2 aromatic rings. The number of ether oxygens (including phenoxy) is 2. The normalized spacial score (nSPS) is 20.2. The first-order valence-corrected chi connectivity index (χ1v) is 6.91. The van der Waals surface area contributed by atoms with Crippen molar-refractivity contribution in [2.45, 2.75) is 25.5 Å². The van der Waals surface area contributed by atoms with E-state index in [1.165, 1.54) is 6.42 Å². The maximum Gasteiger partial charge on any atom is 0.150 e. The number of aromatic nitrogens is 2. The Morgan fingerprint density at radius 2 is 2.33 bits per heavy atom. The van der Waals surface area contributed by atoms with Crippen LogP contribution in [0.25, 0.3) is 10.9 Å². The molecule has 18 heavy (non-hydrogen) atoms. The zero-order valence-corrected chi connectivity index (χ0v) is 11.8. The molecule has 0 radical (unpaired) electrons. The van der Waals surface area contributed by atoms with Gasteiger partial charge in [-0.1, -0.05) is 15.9 Å². The molecule has 2 heterocycles. The third kappa shape index (κ3) is 2.01. The molecule has 5 heteroatoms. The van der Waals surface area contributed by atoms with E-state index < -0.39 is 0 Å². The van der Waals surface area contributed by atoms with E-state index in [-0.39, 0.29) is 6.23 Å². The summed E-state index contributed by atoms with van der Waals surface area (Å²) in [4.78, 5) is 0. The Balaban J connectivity index is 2.10. The van der Waals surface area contributed by atoms with Gasteiger partial charge in [0.1, 0.15) is 5.75 Å². The molecule has 0 bridgehead atoms. The van der Waals surface area contributed by atoms with Crippen LogP contribution in [-0.4, -0.2) is 23.5 Å². The Hall–Kier alpha value is -1.07. The molecular formula is C13H15BrN2O2. The molecule has 1 fully saturated rings. The SMILES string of the molecule is COc1cc(Br)cc2c1cnn2C1CCCCO1. The molecule has 3 rings (SSSR count). The van der Waals surface area contributed by atoms with Gasteiger partial charge >= 0.3 is 0 Å². The second-order valence-corrected chi connectivity index (χ2v) is 5.37. The van der Waals surface area contributed by atoms with Crippen molar-refractivity contribution in [3.8, 4) is 5.75 Å². The first-order chi connectivity index (χ1) is 8.79. The van der Waals surface area contributed by atoms with Gasteiger partial charge in [0.05, 0.1) is 24.2 Å². The molecule has 1 atom stereocenters. The van der Waals surface area contributed by atoms with Gasteiger partial charge in [-0.15, -0.1) is 0 Å². The molecule has 0 spiro atoms. The van der Waals surface area contributed by atoms with E-state index in [1.807, 2.05) is 16.9 Å². The lowest BCUT2D eigenvalue weighted by Crippen LogP contribution is -2.18. The standard InChI is InChI=1S/C13H15BrN2O2/c1-17-12-7-9(14)6-11-10(12)8-15-16(11)13-4-2-3-5-18-13/h6-8,13H,2-5H2,1H3. The Morgan fingerprint density at radius 1 is 1.44 bits per heavy atom. The molecule has 0 amide bonds. The van der Waals surface area contributed by atoms with Gasteiger partial charge in [-0.3, -0.25) is 0 Å². The van der Waals surface area contributed by atoms with Crippen LogP contribution in [-0.2, 0) is 4.74 Å². The first kappa shape index (κ1) is 12.0. The van der Waals surface area contributed by atoms with Crippen molar-refractivity contribution in [2.75, 3.05) is 13.7 Å². The van der Waals surface area contributed by atoms with E-state index in [0.29, 0.717) is 0 Å². The van der Waals surface area contributed by atoms with Crippen LogP contribution >= 0.6 is 15.9 Å². The van der Waals surface area contributed by atoms with E-state index in [1.54, 1.807) is 7.11 Å². The number of nitrogens with zero attached hydrogens (tertiary/aromatic N) is 2. The molecule has 1 aliphatic rings. The minimum atomic E-state index is 0.0512. The van der Waals surface area contributed by atoms with Crippen LogP contribution in [0.2, 0.25) is 0 Å². The van der Waals surface area contributed by atoms with Crippen molar-refractivity contribution >= 4 is 26.8 Å². The van der Waals surface area contributed by atoms with Crippen LogP contribution in [0, 0.1) is 0 Å². The summed E-state index contributed by atoms with van der Waals surface area (Å²) in [6.07, 6.45) is 5.25. The molecule has 1 unspecified atom stereocenters. The average molecular weight is 311 g/mol. The van der Waals surface area contributed by atoms with Crippen LogP contribution in [0.15, 0.2) is 22.8 Å². The molecule has 1 aromatic heterocycles. The highest BCUT2D eigenvalue weighted by molar-refractivity contribution is 9.10. The largest absolute Gasteiger partial charge is 0.496 e. The van der Waals surface area contributed by atoms with Crippen LogP contribution in [0.1, 0.15) is 25.5 Å². The maximum absolute atomic E-state index is 5.79. The van der Waals surface area contributed by atoms with Crippen molar-refractivity contribution < 1.29 is 9.47 Å². The number of rotatable bonds is 2. The van der Waals surface area contributed by atoms with Gasteiger partial charge < -0.3 is 9.47 Å². The topological polar surface area (TPSA) is 36.3 Å². The number of hydrogen-bond donors (Lipinski definition) is 0. The lowest BCUT2D eigenvalue weighted by molar-refractivity contribution is -0.0366. The monoisotopic (exact) mass is 310 g/mol. The van der Waals surface area contributed by atoms with E-state index in [9.17, 15) is 0 Å².